The Morgan fingerprint density at radius 1 is 1.48 bits per heavy atom. The van der Waals surface area contributed by atoms with Gasteiger partial charge in [-0.15, -0.1) is 5.10 Å². The second kappa shape index (κ2) is 5.28. The minimum atomic E-state index is -0.214. The van der Waals surface area contributed by atoms with Crippen molar-refractivity contribution in [2.75, 3.05) is 5.73 Å². The first-order chi connectivity index (χ1) is 10.1. The summed E-state index contributed by atoms with van der Waals surface area (Å²) in [5, 5.41) is 7.09. The summed E-state index contributed by atoms with van der Waals surface area (Å²) in [6.07, 6.45) is 0. The van der Waals surface area contributed by atoms with Crippen molar-refractivity contribution in [1.82, 2.24) is 19.7 Å². The first-order valence-electron chi connectivity index (χ1n) is 6.50. The van der Waals surface area contributed by atoms with Crippen molar-refractivity contribution >= 4 is 28.5 Å². The number of thioether (sulfide) groups is 1. The van der Waals surface area contributed by atoms with Crippen LogP contribution in [0.1, 0.15) is 25.8 Å². The predicted octanol–water partition coefficient (Wildman–Crippen LogP) is 2.17. The summed E-state index contributed by atoms with van der Waals surface area (Å²) in [4.78, 5) is 16.0. The van der Waals surface area contributed by atoms with Gasteiger partial charge in [-0.2, -0.15) is 0 Å². The molecular weight excluding hydrogens is 290 g/mol. The van der Waals surface area contributed by atoms with Crippen LogP contribution in [0.15, 0.2) is 32.6 Å². The number of benzene rings is 1. The molecule has 0 saturated carbocycles. The first kappa shape index (κ1) is 13.7. The Labute approximate surface area is 124 Å². The molecular formula is C13H15N5O2S. The molecule has 0 atom stereocenters. The molecule has 8 heteroatoms. The summed E-state index contributed by atoms with van der Waals surface area (Å²) in [5.41, 5.74) is 7.55. The van der Waals surface area contributed by atoms with Crippen LogP contribution in [0.5, 0.6) is 0 Å². The van der Waals surface area contributed by atoms with E-state index < -0.39 is 0 Å². The SMILES string of the molecule is CC(C)n1c(SCc2nc3c(N)cccc3o2)n[nH]c1=O. The molecule has 0 radical (unpaired) electrons. The fraction of sp³-hybridized carbons (Fsp3) is 0.308. The standard InChI is InChI=1S/C13H15N5O2S/c1-7(2)18-12(19)16-17-13(18)21-6-10-15-11-8(14)4-3-5-9(11)20-10/h3-5,7H,6,14H2,1-2H3,(H,16,19). The lowest BCUT2D eigenvalue weighted by atomic mass is 10.3. The molecule has 0 unspecified atom stereocenters. The van der Waals surface area contributed by atoms with Crippen LogP contribution in [0.25, 0.3) is 11.1 Å². The van der Waals surface area contributed by atoms with Gasteiger partial charge in [0.05, 0.1) is 11.4 Å². The zero-order valence-electron chi connectivity index (χ0n) is 11.7. The normalized spacial score (nSPS) is 11.6. The van der Waals surface area contributed by atoms with E-state index in [0.29, 0.717) is 33.6 Å². The van der Waals surface area contributed by atoms with Crippen LogP contribution in [-0.4, -0.2) is 19.7 Å². The lowest BCUT2D eigenvalue weighted by Gasteiger charge is -2.07. The summed E-state index contributed by atoms with van der Waals surface area (Å²) in [6.45, 7) is 3.86. The number of nitrogen functional groups attached to an aromatic ring is 1. The number of nitrogens with one attached hydrogen (secondary N) is 1. The highest BCUT2D eigenvalue weighted by Crippen LogP contribution is 2.26. The second-order valence-corrected chi connectivity index (χ2v) is 5.81. The molecule has 0 fully saturated rings. The van der Waals surface area contributed by atoms with Gasteiger partial charge in [0.25, 0.3) is 0 Å². The van der Waals surface area contributed by atoms with Crippen LogP contribution in [0, 0.1) is 0 Å². The number of oxazole rings is 1. The van der Waals surface area contributed by atoms with Gasteiger partial charge in [-0.3, -0.25) is 4.57 Å². The highest BCUT2D eigenvalue weighted by molar-refractivity contribution is 7.98. The molecule has 110 valence electrons. The number of aromatic amines is 1. The number of para-hydroxylation sites is 1. The molecule has 0 spiro atoms. The van der Waals surface area contributed by atoms with Crippen LogP contribution in [0.4, 0.5) is 5.69 Å². The van der Waals surface area contributed by atoms with E-state index in [1.54, 1.807) is 10.6 Å². The van der Waals surface area contributed by atoms with Crippen molar-refractivity contribution < 1.29 is 4.42 Å². The van der Waals surface area contributed by atoms with E-state index in [2.05, 4.69) is 15.2 Å². The molecule has 3 rings (SSSR count). The number of nitrogens with two attached hydrogens (primary N) is 1. The Hall–Kier alpha value is -2.22. The van der Waals surface area contributed by atoms with Gasteiger partial charge in [0, 0.05) is 6.04 Å². The van der Waals surface area contributed by atoms with Crippen molar-refractivity contribution in [3.63, 3.8) is 0 Å². The third-order valence-electron chi connectivity index (χ3n) is 3.01. The summed E-state index contributed by atoms with van der Waals surface area (Å²) < 4.78 is 7.24. The molecule has 2 heterocycles. The van der Waals surface area contributed by atoms with Gasteiger partial charge in [0.2, 0.25) is 5.89 Å². The average molecular weight is 305 g/mol. The Kier molecular flexibility index (Phi) is 3.46. The third kappa shape index (κ3) is 2.54. The van der Waals surface area contributed by atoms with E-state index in [0.717, 1.165) is 0 Å². The van der Waals surface area contributed by atoms with Crippen LogP contribution in [0.2, 0.25) is 0 Å². The maximum Gasteiger partial charge on any atom is 0.344 e. The minimum Gasteiger partial charge on any atom is -0.440 e. The van der Waals surface area contributed by atoms with Crippen LogP contribution >= 0.6 is 11.8 Å². The fourth-order valence-electron chi connectivity index (χ4n) is 2.05. The van der Waals surface area contributed by atoms with Crippen molar-refractivity contribution in [2.45, 2.75) is 30.8 Å². The smallest absolute Gasteiger partial charge is 0.344 e. The molecule has 1 aromatic carbocycles. The summed E-state index contributed by atoms with van der Waals surface area (Å²) >= 11 is 1.39. The maximum atomic E-state index is 11.7. The Morgan fingerprint density at radius 2 is 2.29 bits per heavy atom. The topological polar surface area (TPSA) is 103 Å². The number of nitrogens with zero attached hydrogens (tertiary/aromatic N) is 3. The number of H-pyrrole nitrogens is 1. The molecule has 3 N–H and O–H groups in total. The number of aromatic nitrogens is 4. The van der Waals surface area contributed by atoms with Crippen molar-refractivity contribution in [3.05, 3.63) is 34.6 Å². The average Bonchev–Trinajstić information content (AvgIpc) is 3.00. The molecule has 0 aliphatic rings. The quantitative estimate of drug-likeness (QED) is 0.565. The summed E-state index contributed by atoms with van der Waals surface area (Å²) in [7, 11) is 0. The second-order valence-electron chi connectivity index (χ2n) is 4.87. The predicted molar refractivity (Wildman–Crippen MR) is 81.2 cm³/mol. The monoisotopic (exact) mass is 305 g/mol. The Morgan fingerprint density at radius 3 is 3.00 bits per heavy atom. The van der Waals surface area contributed by atoms with Crippen molar-refractivity contribution in [3.8, 4) is 0 Å². The van der Waals surface area contributed by atoms with Gasteiger partial charge < -0.3 is 10.2 Å². The highest BCUT2D eigenvalue weighted by Gasteiger charge is 2.14. The lowest BCUT2D eigenvalue weighted by molar-refractivity contribution is 0.531. The van der Waals surface area contributed by atoms with Crippen molar-refractivity contribution in [1.29, 1.82) is 0 Å². The van der Waals surface area contributed by atoms with E-state index in [1.807, 2.05) is 26.0 Å². The molecule has 3 aromatic rings. The van der Waals surface area contributed by atoms with E-state index in [1.165, 1.54) is 11.8 Å². The van der Waals surface area contributed by atoms with Gasteiger partial charge >= 0.3 is 5.69 Å². The van der Waals surface area contributed by atoms with E-state index >= 15 is 0 Å². The zero-order valence-corrected chi connectivity index (χ0v) is 12.5. The van der Waals surface area contributed by atoms with Crippen molar-refractivity contribution in [2.24, 2.45) is 0 Å². The summed E-state index contributed by atoms with van der Waals surface area (Å²) in [5.74, 6) is 1.03. The molecule has 2 aromatic heterocycles. The third-order valence-corrected chi connectivity index (χ3v) is 3.95. The van der Waals surface area contributed by atoms with Crippen LogP contribution in [0.3, 0.4) is 0 Å². The van der Waals surface area contributed by atoms with E-state index in [9.17, 15) is 4.79 Å². The number of hydrogen-bond donors (Lipinski definition) is 2. The van der Waals surface area contributed by atoms with Gasteiger partial charge in [-0.1, -0.05) is 17.8 Å². The number of anilines is 1. The fourth-order valence-corrected chi connectivity index (χ4v) is 2.97. The minimum absolute atomic E-state index is 0.0398. The van der Waals surface area contributed by atoms with E-state index in [-0.39, 0.29) is 11.7 Å². The molecule has 7 nitrogen and oxygen atoms in total. The number of rotatable bonds is 4. The molecule has 0 aliphatic carbocycles. The lowest BCUT2D eigenvalue weighted by Crippen LogP contribution is -2.19. The molecule has 0 aliphatic heterocycles. The van der Waals surface area contributed by atoms with E-state index in [4.69, 9.17) is 10.2 Å². The molecule has 0 amide bonds. The number of fused-ring (bicyclic) bond motifs is 1. The molecule has 0 bridgehead atoms. The highest BCUT2D eigenvalue weighted by atomic mass is 32.2. The van der Waals surface area contributed by atoms with Gasteiger partial charge in [-0.25, -0.2) is 14.9 Å². The zero-order chi connectivity index (χ0) is 15.0. The van der Waals surface area contributed by atoms with Crippen LogP contribution in [-0.2, 0) is 5.75 Å². The largest absolute Gasteiger partial charge is 0.440 e. The van der Waals surface area contributed by atoms with Gasteiger partial charge in [0.15, 0.2) is 10.7 Å². The Balaban J connectivity index is 1.84. The molecule has 0 saturated heterocycles. The number of hydrogen-bond acceptors (Lipinski definition) is 6. The molecule has 21 heavy (non-hydrogen) atoms. The first-order valence-corrected chi connectivity index (χ1v) is 7.48. The Bertz CT molecular complexity index is 833. The van der Waals surface area contributed by atoms with Gasteiger partial charge in [0.1, 0.15) is 5.52 Å². The van der Waals surface area contributed by atoms with Crippen LogP contribution < -0.4 is 11.4 Å². The summed E-state index contributed by atoms with van der Waals surface area (Å²) in [6, 6.07) is 5.47. The maximum absolute atomic E-state index is 11.7. The van der Waals surface area contributed by atoms with Gasteiger partial charge in [-0.05, 0) is 26.0 Å².